The number of rotatable bonds is 2. The summed E-state index contributed by atoms with van der Waals surface area (Å²) in [7, 11) is 0. The molecule has 2 unspecified atom stereocenters. The summed E-state index contributed by atoms with van der Waals surface area (Å²) in [4.78, 5) is 12.0. The fraction of sp³-hybridized carbons (Fsp3) is 0.929. The van der Waals surface area contributed by atoms with E-state index in [4.69, 9.17) is 0 Å². The third kappa shape index (κ3) is 3.50. The highest BCUT2D eigenvalue weighted by Gasteiger charge is 2.31. The molecule has 1 aliphatic carbocycles. The second kappa shape index (κ2) is 5.20. The number of carbonyl (C=O) groups is 1. The molecule has 2 nitrogen and oxygen atoms in total. The molecule has 0 aromatic heterocycles. The van der Waals surface area contributed by atoms with Gasteiger partial charge in [-0.15, -0.1) is 0 Å². The van der Waals surface area contributed by atoms with E-state index in [1.54, 1.807) is 0 Å². The van der Waals surface area contributed by atoms with Crippen LogP contribution >= 0.6 is 0 Å². The average molecular weight is 225 g/mol. The molecule has 0 spiro atoms. The molecule has 1 rings (SSSR count). The van der Waals surface area contributed by atoms with Crippen molar-refractivity contribution in [2.45, 2.75) is 66.3 Å². The summed E-state index contributed by atoms with van der Waals surface area (Å²) in [6.07, 6.45) is 5.01. The molecule has 94 valence electrons. The predicted molar refractivity (Wildman–Crippen MR) is 68.2 cm³/mol. The van der Waals surface area contributed by atoms with E-state index in [-0.39, 0.29) is 11.3 Å². The first-order valence-corrected chi connectivity index (χ1v) is 6.63. The molecular formula is C14H27NO. The topological polar surface area (TPSA) is 29.1 Å². The van der Waals surface area contributed by atoms with Gasteiger partial charge in [-0.05, 0) is 24.7 Å². The van der Waals surface area contributed by atoms with Crippen LogP contribution < -0.4 is 5.32 Å². The van der Waals surface area contributed by atoms with Crippen LogP contribution in [0.2, 0.25) is 0 Å². The van der Waals surface area contributed by atoms with Crippen molar-refractivity contribution in [2.24, 2.45) is 17.3 Å². The lowest BCUT2D eigenvalue weighted by molar-refractivity contribution is -0.130. The van der Waals surface area contributed by atoms with E-state index in [2.05, 4.69) is 19.2 Å². The Morgan fingerprint density at radius 2 is 1.75 bits per heavy atom. The average Bonchev–Trinajstić information content (AvgIpc) is 2.16. The Hall–Kier alpha value is -0.530. The van der Waals surface area contributed by atoms with Gasteiger partial charge in [0.2, 0.25) is 5.91 Å². The molecule has 1 saturated carbocycles. The van der Waals surface area contributed by atoms with Crippen LogP contribution in [0.25, 0.3) is 0 Å². The summed E-state index contributed by atoms with van der Waals surface area (Å²) in [6, 6.07) is 0.403. The third-order valence-corrected chi connectivity index (χ3v) is 3.67. The van der Waals surface area contributed by atoms with Crippen LogP contribution in [0.4, 0.5) is 0 Å². The maximum Gasteiger partial charge on any atom is 0.225 e. The van der Waals surface area contributed by atoms with Crippen LogP contribution in [0, 0.1) is 17.3 Å². The predicted octanol–water partition coefficient (Wildman–Crippen LogP) is 3.36. The number of hydrogen-bond donors (Lipinski definition) is 1. The largest absolute Gasteiger partial charge is 0.353 e. The minimum atomic E-state index is -0.265. The van der Waals surface area contributed by atoms with Crippen molar-refractivity contribution in [1.29, 1.82) is 0 Å². The molecule has 1 amide bonds. The molecule has 0 radical (unpaired) electrons. The molecule has 0 aromatic carbocycles. The van der Waals surface area contributed by atoms with Gasteiger partial charge in [0.15, 0.2) is 0 Å². The zero-order chi connectivity index (χ0) is 12.3. The standard InChI is InChI=1S/C14H27NO/c1-10(2)11-8-6-7-9-12(11)15-13(16)14(3,4)5/h10-12H,6-9H2,1-5H3,(H,15,16). The van der Waals surface area contributed by atoms with Gasteiger partial charge in [0.25, 0.3) is 0 Å². The SMILES string of the molecule is CC(C)C1CCCCC1NC(=O)C(C)(C)C. The minimum absolute atomic E-state index is 0.199. The Morgan fingerprint density at radius 3 is 2.25 bits per heavy atom. The normalized spacial score (nSPS) is 26.9. The van der Waals surface area contributed by atoms with Crippen molar-refractivity contribution in [3.63, 3.8) is 0 Å². The van der Waals surface area contributed by atoms with Gasteiger partial charge in [0, 0.05) is 11.5 Å². The van der Waals surface area contributed by atoms with Crippen LogP contribution in [-0.4, -0.2) is 11.9 Å². The van der Waals surface area contributed by atoms with E-state index >= 15 is 0 Å². The van der Waals surface area contributed by atoms with Gasteiger partial charge in [0.05, 0.1) is 0 Å². The summed E-state index contributed by atoms with van der Waals surface area (Å²) in [5, 5.41) is 3.25. The quantitative estimate of drug-likeness (QED) is 0.767. The molecule has 16 heavy (non-hydrogen) atoms. The minimum Gasteiger partial charge on any atom is -0.353 e. The smallest absolute Gasteiger partial charge is 0.225 e. The highest BCUT2D eigenvalue weighted by Crippen LogP contribution is 2.30. The molecule has 1 fully saturated rings. The van der Waals surface area contributed by atoms with Gasteiger partial charge >= 0.3 is 0 Å². The van der Waals surface area contributed by atoms with E-state index in [9.17, 15) is 4.79 Å². The zero-order valence-electron chi connectivity index (χ0n) is 11.5. The van der Waals surface area contributed by atoms with E-state index < -0.39 is 0 Å². The van der Waals surface area contributed by atoms with Gasteiger partial charge < -0.3 is 5.32 Å². The van der Waals surface area contributed by atoms with E-state index in [1.165, 1.54) is 19.3 Å². The van der Waals surface area contributed by atoms with Crippen molar-refractivity contribution in [2.75, 3.05) is 0 Å². The Labute approximate surface area is 100 Å². The fourth-order valence-electron chi connectivity index (χ4n) is 2.52. The van der Waals surface area contributed by atoms with Gasteiger partial charge in [-0.3, -0.25) is 4.79 Å². The molecule has 2 heteroatoms. The number of amides is 1. The first kappa shape index (κ1) is 13.5. The molecule has 1 aliphatic rings. The Kier molecular flexibility index (Phi) is 4.40. The van der Waals surface area contributed by atoms with Crippen molar-refractivity contribution in [1.82, 2.24) is 5.32 Å². The van der Waals surface area contributed by atoms with Gasteiger partial charge in [-0.25, -0.2) is 0 Å². The number of nitrogens with one attached hydrogen (secondary N) is 1. The molecule has 0 heterocycles. The highest BCUT2D eigenvalue weighted by molar-refractivity contribution is 5.81. The molecule has 0 saturated heterocycles. The summed E-state index contributed by atoms with van der Waals surface area (Å²) >= 11 is 0. The lowest BCUT2D eigenvalue weighted by atomic mass is 9.77. The summed E-state index contributed by atoms with van der Waals surface area (Å²) in [6.45, 7) is 10.5. The van der Waals surface area contributed by atoms with Crippen molar-refractivity contribution in [3.8, 4) is 0 Å². The summed E-state index contributed by atoms with van der Waals surface area (Å²) in [5.74, 6) is 1.54. The molecule has 0 bridgehead atoms. The van der Waals surface area contributed by atoms with Crippen LogP contribution in [0.1, 0.15) is 60.3 Å². The highest BCUT2D eigenvalue weighted by atomic mass is 16.2. The summed E-state index contributed by atoms with van der Waals surface area (Å²) in [5.41, 5.74) is -0.265. The summed E-state index contributed by atoms with van der Waals surface area (Å²) < 4.78 is 0. The molecule has 0 aromatic rings. The number of carbonyl (C=O) groups excluding carboxylic acids is 1. The van der Waals surface area contributed by atoms with Crippen LogP contribution in [0.3, 0.4) is 0 Å². The van der Waals surface area contributed by atoms with Crippen LogP contribution in [0.5, 0.6) is 0 Å². The van der Waals surface area contributed by atoms with Gasteiger partial charge in [0.1, 0.15) is 0 Å². The van der Waals surface area contributed by atoms with Crippen molar-refractivity contribution >= 4 is 5.91 Å². The van der Waals surface area contributed by atoms with Crippen molar-refractivity contribution in [3.05, 3.63) is 0 Å². The Bertz CT molecular complexity index is 240. The Balaban J connectivity index is 2.60. The first-order chi connectivity index (χ1) is 7.32. The van der Waals surface area contributed by atoms with Crippen LogP contribution in [0.15, 0.2) is 0 Å². The van der Waals surface area contributed by atoms with E-state index in [0.29, 0.717) is 17.9 Å². The number of hydrogen-bond acceptors (Lipinski definition) is 1. The molecule has 2 atom stereocenters. The van der Waals surface area contributed by atoms with E-state index in [1.807, 2.05) is 20.8 Å². The van der Waals surface area contributed by atoms with Crippen molar-refractivity contribution < 1.29 is 4.79 Å². The maximum atomic E-state index is 12.0. The van der Waals surface area contributed by atoms with Gasteiger partial charge in [-0.2, -0.15) is 0 Å². The second-order valence-corrected chi connectivity index (χ2v) is 6.52. The molecule has 1 N–H and O–H groups in total. The zero-order valence-corrected chi connectivity index (χ0v) is 11.5. The lowest BCUT2D eigenvalue weighted by Gasteiger charge is -2.36. The maximum absolute atomic E-state index is 12.0. The lowest BCUT2D eigenvalue weighted by Crippen LogP contribution is -2.47. The second-order valence-electron chi connectivity index (χ2n) is 6.52. The Morgan fingerprint density at radius 1 is 1.19 bits per heavy atom. The monoisotopic (exact) mass is 225 g/mol. The van der Waals surface area contributed by atoms with Crippen LogP contribution in [-0.2, 0) is 4.79 Å². The van der Waals surface area contributed by atoms with Gasteiger partial charge in [-0.1, -0.05) is 47.5 Å². The molecular weight excluding hydrogens is 198 g/mol. The van der Waals surface area contributed by atoms with E-state index in [0.717, 1.165) is 6.42 Å². The molecule has 0 aliphatic heterocycles. The third-order valence-electron chi connectivity index (χ3n) is 3.67. The first-order valence-electron chi connectivity index (χ1n) is 6.63. The fourth-order valence-corrected chi connectivity index (χ4v) is 2.52.